The molecule has 0 saturated heterocycles. The Hall–Kier alpha value is -3.77. The quantitative estimate of drug-likeness (QED) is 0.433. The summed E-state index contributed by atoms with van der Waals surface area (Å²) >= 11 is 0. The Morgan fingerprint density at radius 1 is 1.03 bits per heavy atom. The molecule has 3 aromatic heterocycles. The summed E-state index contributed by atoms with van der Waals surface area (Å²) in [5.74, 6) is 1.45. The highest BCUT2D eigenvalue weighted by molar-refractivity contribution is 5.84. The third-order valence-electron chi connectivity index (χ3n) is 5.37. The highest BCUT2D eigenvalue weighted by Crippen LogP contribution is 2.26. The number of nitrogens with two attached hydrogens (primary N) is 1. The van der Waals surface area contributed by atoms with Gasteiger partial charge in [0.25, 0.3) is 0 Å². The fourth-order valence-corrected chi connectivity index (χ4v) is 3.80. The predicted octanol–water partition coefficient (Wildman–Crippen LogP) is 4.43. The molecule has 1 atom stereocenters. The molecular formula is C25H23N5O. The van der Waals surface area contributed by atoms with Crippen LogP contribution in [-0.2, 0) is 6.42 Å². The summed E-state index contributed by atoms with van der Waals surface area (Å²) in [7, 11) is 0. The lowest BCUT2D eigenvalue weighted by Gasteiger charge is -2.13. The number of aryl methyl sites for hydroxylation is 1. The molecule has 5 rings (SSSR count). The van der Waals surface area contributed by atoms with Gasteiger partial charge in [-0.25, -0.2) is 9.97 Å². The van der Waals surface area contributed by atoms with E-state index in [9.17, 15) is 0 Å². The van der Waals surface area contributed by atoms with Crippen molar-refractivity contribution in [1.29, 1.82) is 0 Å². The summed E-state index contributed by atoms with van der Waals surface area (Å²) in [4.78, 5) is 16.4. The zero-order chi connectivity index (χ0) is 21.2. The van der Waals surface area contributed by atoms with Crippen LogP contribution in [0.2, 0.25) is 0 Å². The van der Waals surface area contributed by atoms with Crippen molar-refractivity contribution in [1.82, 2.24) is 19.9 Å². The molecule has 5 aromatic rings. The van der Waals surface area contributed by atoms with Gasteiger partial charge < -0.3 is 15.5 Å². The van der Waals surface area contributed by atoms with Crippen molar-refractivity contribution in [3.05, 3.63) is 84.7 Å². The lowest BCUT2D eigenvalue weighted by molar-refractivity contribution is 0.287. The van der Waals surface area contributed by atoms with E-state index in [0.717, 1.165) is 39.8 Å². The highest BCUT2D eigenvalue weighted by Gasteiger charge is 2.10. The number of rotatable bonds is 6. The molecule has 3 N–H and O–H groups in total. The molecule has 0 radical (unpaired) electrons. The standard InChI is InChI=1S/C25H23N5O/c1-16-28-12-18-7-6-17(10-25(18)30-16)19-9-22(14-27-11-19)31-15-21(26)8-20-13-29-24-5-3-2-4-23(20)24/h2-7,9-14,21,29H,8,15,26H2,1H3/t21-/m0/s1. The number of pyridine rings is 1. The van der Waals surface area contributed by atoms with E-state index in [2.05, 4.69) is 32.1 Å². The third-order valence-corrected chi connectivity index (χ3v) is 5.37. The second-order valence-corrected chi connectivity index (χ2v) is 7.73. The number of nitrogens with zero attached hydrogens (tertiary/aromatic N) is 3. The van der Waals surface area contributed by atoms with E-state index in [1.165, 1.54) is 10.9 Å². The molecule has 2 aromatic carbocycles. The van der Waals surface area contributed by atoms with E-state index in [1.807, 2.05) is 61.9 Å². The summed E-state index contributed by atoms with van der Waals surface area (Å²) in [6, 6.07) is 16.2. The second-order valence-electron chi connectivity index (χ2n) is 7.73. The Balaban J connectivity index is 1.29. The number of H-pyrrole nitrogens is 1. The van der Waals surface area contributed by atoms with E-state index in [-0.39, 0.29) is 6.04 Å². The van der Waals surface area contributed by atoms with Gasteiger partial charge in [0.1, 0.15) is 18.2 Å². The highest BCUT2D eigenvalue weighted by atomic mass is 16.5. The molecule has 0 aliphatic heterocycles. The molecule has 0 fully saturated rings. The number of benzene rings is 2. The Kier molecular flexibility index (Phi) is 5.06. The minimum Gasteiger partial charge on any atom is -0.490 e. The number of para-hydroxylation sites is 1. The van der Waals surface area contributed by atoms with Crippen LogP contribution in [0.15, 0.2) is 73.3 Å². The first-order valence-electron chi connectivity index (χ1n) is 10.3. The maximum Gasteiger partial charge on any atom is 0.138 e. The molecule has 6 nitrogen and oxygen atoms in total. The lowest BCUT2D eigenvalue weighted by atomic mass is 10.1. The second kappa shape index (κ2) is 8.16. The Labute approximate surface area is 180 Å². The van der Waals surface area contributed by atoms with Crippen LogP contribution in [-0.4, -0.2) is 32.6 Å². The lowest BCUT2D eigenvalue weighted by Crippen LogP contribution is -2.30. The summed E-state index contributed by atoms with van der Waals surface area (Å²) in [6.07, 6.45) is 8.15. The number of nitrogens with one attached hydrogen (secondary N) is 1. The number of ether oxygens (including phenoxy) is 1. The molecule has 31 heavy (non-hydrogen) atoms. The fourth-order valence-electron chi connectivity index (χ4n) is 3.80. The van der Waals surface area contributed by atoms with Gasteiger partial charge in [0.15, 0.2) is 0 Å². The van der Waals surface area contributed by atoms with E-state index in [4.69, 9.17) is 10.5 Å². The summed E-state index contributed by atoms with van der Waals surface area (Å²) in [6.45, 7) is 2.30. The summed E-state index contributed by atoms with van der Waals surface area (Å²) in [5, 5.41) is 2.22. The molecule has 0 amide bonds. The van der Waals surface area contributed by atoms with Crippen molar-refractivity contribution in [3.8, 4) is 16.9 Å². The number of aromatic nitrogens is 4. The van der Waals surface area contributed by atoms with E-state index >= 15 is 0 Å². The van der Waals surface area contributed by atoms with Crippen molar-refractivity contribution >= 4 is 21.8 Å². The van der Waals surface area contributed by atoms with Gasteiger partial charge in [-0.1, -0.05) is 30.3 Å². The zero-order valence-electron chi connectivity index (χ0n) is 17.2. The van der Waals surface area contributed by atoms with Crippen molar-refractivity contribution in [3.63, 3.8) is 0 Å². The molecule has 6 heteroatoms. The first kappa shape index (κ1) is 19.2. The van der Waals surface area contributed by atoms with E-state index in [0.29, 0.717) is 12.4 Å². The fraction of sp³-hybridized carbons (Fsp3) is 0.160. The summed E-state index contributed by atoms with van der Waals surface area (Å²) in [5.41, 5.74) is 11.6. The molecule has 3 heterocycles. The van der Waals surface area contributed by atoms with Gasteiger partial charge in [-0.3, -0.25) is 4.98 Å². The molecule has 0 spiro atoms. The Bertz CT molecular complexity index is 1360. The van der Waals surface area contributed by atoms with Gasteiger partial charge in [-0.05, 0) is 42.7 Å². The first-order chi connectivity index (χ1) is 15.2. The van der Waals surface area contributed by atoms with Gasteiger partial charge >= 0.3 is 0 Å². The van der Waals surface area contributed by atoms with Crippen molar-refractivity contribution in [2.45, 2.75) is 19.4 Å². The van der Waals surface area contributed by atoms with Crippen molar-refractivity contribution in [2.24, 2.45) is 5.73 Å². The Morgan fingerprint density at radius 2 is 1.94 bits per heavy atom. The topological polar surface area (TPSA) is 89.7 Å². The smallest absolute Gasteiger partial charge is 0.138 e. The van der Waals surface area contributed by atoms with E-state index < -0.39 is 0 Å². The van der Waals surface area contributed by atoms with Crippen LogP contribution < -0.4 is 10.5 Å². The number of hydrogen-bond donors (Lipinski definition) is 2. The van der Waals surface area contributed by atoms with Crippen LogP contribution in [0.4, 0.5) is 0 Å². The number of aromatic amines is 1. The van der Waals surface area contributed by atoms with Crippen LogP contribution in [0.5, 0.6) is 5.75 Å². The maximum absolute atomic E-state index is 6.36. The molecule has 0 saturated carbocycles. The minimum atomic E-state index is -0.122. The maximum atomic E-state index is 6.36. The van der Waals surface area contributed by atoms with Gasteiger partial charge in [0.2, 0.25) is 0 Å². The minimum absolute atomic E-state index is 0.122. The van der Waals surface area contributed by atoms with Crippen molar-refractivity contribution in [2.75, 3.05) is 6.61 Å². The first-order valence-corrected chi connectivity index (χ1v) is 10.3. The summed E-state index contributed by atoms with van der Waals surface area (Å²) < 4.78 is 5.97. The largest absolute Gasteiger partial charge is 0.490 e. The molecule has 154 valence electrons. The van der Waals surface area contributed by atoms with Gasteiger partial charge in [-0.2, -0.15) is 0 Å². The number of fused-ring (bicyclic) bond motifs is 2. The Morgan fingerprint density at radius 3 is 2.87 bits per heavy atom. The van der Waals surface area contributed by atoms with E-state index in [1.54, 1.807) is 6.20 Å². The monoisotopic (exact) mass is 409 g/mol. The van der Waals surface area contributed by atoms with Gasteiger partial charge in [-0.15, -0.1) is 0 Å². The zero-order valence-corrected chi connectivity index (χ0v) is 17.2. The molecule has 0 aliphatic rings. The average molecular weight is 409 g/mol. The average Bonchev–Trinajstić information content (AvgIpc) is 3.20. The SMILES string of the molecule is Cc1ncc2ccc(-c3cncc(OC[C@@H](N)Cc4c[nH]c5ccccc45)c3)cc2n1. The van der Waals surface area contributed by atoms with Crippen molar-refractivity contribution < 1.29 is 4.74 Å². The molecule has 0 aliphatic carbocycles. The van der Waals surface area contributed by atoms with Gasteiger partial charge in [0.05, 0.1) is 11.7 Å². The third kappa shape index (κ3) is 4.11. The predicted molar refractivity (Wildman–Crippen MR) is 123 cm³/mol. The van der Waals surface area contributed by atoms with Crippen LogP contribution in [0.25, 0.3) is 32.9 Å². The molecular weight excluding hydrogens is 386 g/mol. The number of hydrogen-bond acceptors (Lipinski definition) is 5. The van der Waals surface area contributed by atoms with Crippen LogP contribution in [0.3, 0.4) is 0 Å². The van der Waals surface area contributed by atoms with Crippen LogP contribution in [0.1, 0.15) is 11.4 Å². The molecule has 0 bridgehead atoms. The normalized spacial score (nSPS) is 12.3. The van der Waals surface area contributed by atoms with Crippen LogP contribution >= 0.6 is 0 Å². The molecule has 0 unspecified atom stereocenters. The van der Waals surface area contributed by atoms with Crippen LogP contribution in [0, 0.1) is 6.92 Å². The van der Waals surface area contributed by atoms with Gasteiger partial charge in [0, 0.05) is 46.5 Å².